The highest BCUT2D eigenvalue weighted by atomic mass is 16.7. The van der Waals surface area contributed by atoms with Crippen molar-refractivity contribution in [1.82, 2.24) is 5.32 Å². The van der Waals surface area contributed by atoms with Gasteiger partial charge in [-0.1, -0.05) is 45.9 Å². The largest absolute Gasteiger partial charge is 0.507 e. The van der Waals surface area contributed by atoms with E-state index in [4.69, 9.17) is 28.4 Å². The maximum Gasteiger partial charge on any atom is 0.312 e. The number of rotatable bonds is 2. The number of methoxy groups -OCH3 is 1. The van der Waals surface area contributed by atoms with Gasteiger partial charge in [0.05, 0.1) is 47.0 Å². The van der Waals surface area contributed by atoms with Gasteiger partial charge < -0.3 is 38.8 Å². The molecule has 1 aromatic rings. The minimum atomic E-state index is -2.00. The summed E-state index contributed by atoms with van der Waals surface area (Å²) in [6.07, 6.45) is 6.77. The predicted molar refractivity (Wildman–Crippen MR) is 191 cm³/mol. The summed E-state index contributed by atoms with van der Waals surface area (Å²) in [5, 5.41) is 13.7. The van der Waals surface area contributed by atoms with Crippen LogP contribution in [0.2, 0.25) is 0 Å². The number of aromatic hydroxyl groups is 1. The second kappa shape index (κ2) is 14.7. The second-order valence-electron chi connectivity index (χ2n) is 15.0. The van der Waals surface area contributed by atoms with Crippen molar-refractivity contribution in [2.45, 2.75) is 105 Å². The van der Waals surface area contributed by atoms with Crippen molar-refractivity contribution in [1.29, 1.82) is 0 Å². The Morgan fingerprint density at radius 3 is 2.21 bits per heavy atom. The molecule has 2 N–H and O–H groups in total. The van der Waals surface area contributed by atoms with E-state index in [1.165, 1.54) is 34.1 Å². The molecule has 13 nitrogen and oxygen atoms in total. The number of fused-ring (bicyclic) bond motifs is 10. The van der Waals surface area contributed by atoms with Crippen LogP contribution >= 0.6 is 0 Å². The molecule has 1 aliphatic carbocycles. The lowest BCUT2D eigenvalue weighted by atomic mass is 9.77. The molecule has 4 aliphatic heterocycles. The first-order valence-corrected chi connectivity index (χ1v) is 17.7. The van der Waals surface area contributed by atoms with E-state index in [0.717, 1.165) is 6.08 Å². The zero-order valence-corrected chi connectivity index (χ0v) is 32.0. The Hall–Kier alpha value is -4.59. The number of hydrogen-bond donors (Lipinski definition) is 2. The van der Waals surface area contributed by atoms with Crippen molar-refractivity contribution in [3.8, 4) is 11.5 Å². The quantitative estimate of drug-likeness (QED) is 0.370. The van der Waals surface area contributed by atoms with Crippen molar-refractivity contribution in [2.24, 2.45) is 23.7 Å². The van der Waals surface area contributed by atoms with Gasteiger partial charge in [0.15, 0.2) is 11.6 Å². The van der Waals surface area contributed by atoms with Crippen LogP contribution in [-0.2, 0) is 33.3 Å². The third-order valence-electron chi connectivity index (χ3n) is 10.6. The summed E-state index contributed by atoms with van der Waals surface area (Å²) in [4.78, 5) is 67.0. The molecule has 7 bridgehead atoms. The van der Waals surface area contributed by atoms with Crippen LogP contribution in [0.5, 0.6) is 11.5 Å². The second-order valence-corrected chi connectivity index (χ2v) is 15.0. The Bertz CT molecular complexity index is 1850. The third-order valence-corrected chi connectivity index (χ3v) is 10.6. The van der Waals surface area contributed by atoms with E-state index in [-0.39, 0.29) is 57.6 Å². The number of benzene rings is 1. The van der Waals surface area contributed by atoms with E-state index in [9.17, 15) is 29.1 Å². The van der Waals surface area contributed by atoms with Crippen LogP contribution in [0.3, 0.4) is 0 Å². The molecular weight excluding hydrogens is 686 g/mol. The van der Waals surface area contributed by atoms with E-state index in [1.807, 2.05) is 47.6 Å². The molecule has 0 saturated carbocycles. The van der Waals surface area contributed by atoms with E-state index in [1.54, 1.807) is 25.2 Å². The highest BCUT2D eigenvalue weighted by molar-refractivity contribution is 6.30. The molecule has 1 fully saturated rings. The molecule has 6 rings (SSSR count). The van der Waals surface area contributed by atoms with Gasteiger partial charge in [-0.25, -0.2) is 0 Å². The van der Waals surface area contributed by atoms with Gasteiger partial charge in [0.25, 0.3) is 11.7 Å². The monoisotopic (exact) mass is 735 g/mol. The first-order valence-electron chi connectivity index (χ1n) is 17.7. The van der Waals surface area contributed by atoms with Gasteiger partial charge in [-0.05, 0) is 33.8 Å². The molecule has 286 valence electrons. The highest BCUT2D eigenvalue weighted by Gasteiger charge is 2.52. The molecular formula is C40H49NO12. The first kappa shape index (κ1) is 39.6. The third kappa shape index (κ3) is 7.34. The zero-order chi connectivity index (χ0) is 39.3. The average molecular weight is 736 g/mol. The molecule has 53 heavy (non-hydrogen) atoms. The molecule has 0 unspecified atom stereocenters. The van der Waals surface area contributed by atoms with Gasteiger partial charge in [0.1, 0.15) is 17.6 Å². The maximum atomic E-state index is 14.0. The van der Waals surface area contributed by atoms with Crippen molar-refractivity contribution in [3.05, 3.63) is 70.2 Å². The number of carbonyl (C=O) groups excluding carboxylic acids is 5. The molecule has 5 aliphatic rings. The number of phenols is 1. The maximum absolute atomic E-state index is 14.0. The number of ether oxygens (including phenoxy) is 6. The van der Waals surface area contributed by atoms with Crippen molar-refractivity contribution in [3.63, 3.8) is 0 Å². The Morgan fingerprint density at radius 2 is 1.57 bits per heavy atom. The van der Waals surface area contributed by atoms with Crippen molar-refractivity contribution in [2.75, 3.05) is 7.11 Å². The average Bonchev–Trinajstić information content (AvgIpc) is 3.35. The Kier molecular flexibility index (Phi) is 11.0. The number of nitrogens with one attached hydrogen (secondary N) is 1. The number of hydrogen-bond acceptors (Lipinski definition) is 12. The number of amides is 1. The Labute approximate surface area is 309 Å². The summed E-state index contributed by atoms with van der Waals surface area (Å²) in [7, 11) is 1.49. The number of esters is 1. The van der Waals surface area contributed by atoms with Crippen LogP contribution in [0.4, 0.5) is 0 Å². The fourth-order valence-electron chi connectivity index (χ4n) is 7.71. The van der Waals surface area contributed by atoms with E-state index in [0.29, 0.717) is 0 Å². The Morgan fingerprint density at radius 1 is 0.906 bits per heavy atom. The summed E-state index contributed by atoms with van der Waals surface area (Å²) in [6.45, 7) is 17.2. The van der Waals surface area contributed by atoms with Crippen molar-refractivity contribution < 1.29 is 57.5 Å². The summed E-state index contributed by atoms with van der Waals surface area (Å²) >= 11 is 0. The van der Waals surface area contributed by atoms with Crippen LogP contribution in [0, 0.1) is 30.6 Å². The van der Waals surface area contributed by atoms with Crippen LogP contribution < -0.4 is 10.1 Å². The summed E-state index contributed by atoms with van der Waals surface area (Å²) in [5.41, 5.74) is -1.07. The molecule has 1 aromatic carbocycles. The lowest BCUT2D eigenvalue weighted by Crippen LogP contribution is -2.56. The molecule has 0 aromatic heterocycles. The van der Waals surface area contributed by atoms with Crippen LogP contribution in [-0.4, -0.2) is 77.4 Å². The van der Waals surface area contributed by atoms with Gasteiger partial charge >= 0.3 is 11.8 Å². The molecule has 13 heteroatoms. The van der Waals surface area contributed by atoms with E-state index >= 15 is 0 Å². The smallest absolute Gasteiger partial charge is 0.312 e. The number of ketones is 3. The molecule has 4 heterocycles. The summed E-state index contributed by atoms with van der Waals surface area (Å²) < 4.78 is 36.6. The molecule has 1 amide bonds. The van der Waals surface area contributed by atoms with Gasteiger partial charge in [-0.15, -0.1) is 0 Å². The highest BCUT2D eigenvalue weighted by Crippen LogP contribution is 2.48. The molecule has 0 spiro atoms. The number of carbonyl (C=O) groups is 5. The predicted octanol–water partition coefficient (Wildman–Crippen LogP) is 5.43. The van der Waals surface area contributed by atoms with Crippen LogP contribution in [0.1, 0.15) is 99.0 Å². The standard InChI is InChI=1S/C40H49NO12/c1-18-13-12-14-19(2)38(47)41-25-17-26(43)28-29(32(25)45)31(44)21(4)36-30(28)37(46)40(10,53-36)49-16-15-27(48-11)20(3)34(50-24(7)42)23(6)35-22(5)33(18)51-39(8,9)52-35/h12-18,20,22-23,27,33-35,44H,1-11H3,(H,41,47)/b13-12+,16-15+,19-14-/t18-,20+,22+,23-,27-,33+,34+,35+,40-/m0/s1. The topological polar surface area (TPSA) is 173 Å². The van der Waals surface area contributed by atoms with Crippen LogP contribution in [0.15, 0.2) is 47.9 Å². The molecule has 1 saturated heterocycles. The summed E-state index contributed by atoms with van der Waals surface area (Å²) in [6, 6.07) is 0. The van der Waals surface area contributed by atoms with Gasteiger partial charge in [0.2, 0.25) is 5.78 Å². The Balaban J connectivity index is 1.62. The van der Waals surface area contributed by atoms with Crippen LogP contribution in [0.25, 0.3) is 0 Å². The van der Waals surface area contributed by atoms with E-state index < -0.39 is 76.3 Å². The fourth-order valence-corrected chi connectivity index (χ4v) is 7.71. The lowest BCUT2D eigenvalue weighted by Gasteiger charge is -2.50. The number of phenolic OH excluding ortho intramolecular Hbond substituents is 1. The number of allylic oxidation sites excluding steroid dienone is 4. The first-order chi connectivity index (χ1) is 24.7. The van der Waals surface area contributed by atoms with Crippen molar-refractivity contribution >= 4 is 29.2 Å². The summed E-state index contributed by atoms with van der Waals surface area (Å²) in [5.74, 6) is -8.33. The lowest BCUT2D eigenvalue weighted by molar-refractivity contribution is -0.336. The molecule has 9 atom stereocenters. The van der Waals surface area contributed by atoms with Gasteiger partial charge in [-0.3, -0.25) is 24.0 Å². The van der Waals surface area contributed by atoms with E-state index in [2.05, 4.69) is 5.32 Å². The SMILES string of the molecule is CO[C@H]1/C=C/O[C@@]2(C)Oc3c(C)c(O)c4c(c3C2=O)C(=O)C=C(NC(=O)/C(C)=C\C=C\[C@H](C)[C@H]2OC(C)(C)O[C@@H]([C@@H](C)[C@H](OC(C)=O)[C@@H]1C)[C@@H]2C)C4=O. The number of Topliss-reactive ketones (excluding diaryl/α,β-unsaturated/α-hetero) is 2. The minimum absolute atomic E-state index is 0.0356. The molecule has 0 radical (unpaired) electrons. The fraction of sp³-hybridized carbons (Fsp3) is 0.525. The van der Waals surface area contributed by atoms with Gasteiger partial charge in [0, 0.05) is 61.8 Å². The van der Waals surface area contributed by atoms with Gasteiger partial charge in [-0.2, -0.15) is 0 Å². The normalized spacial score (nSPS) is 35.2. The minimum Gasteiger partial charge on any atom is -0.507 e. The zero-order valence-electron chi connectivity index (χ0n) is 32.0.